The van der Waals surface area contributed by atoms with Crippen LogP contribution < -0.4 is 5.73 Å². The van der Waals surface area contributed by atoms with Gasteiger partial charge in [0, 0.05) is 11.3 Å². The number of rotatable bonds is 1. The van der Waals surface area contributed by atoms with E-state index >= 15 is 0 Å². The van der Waals surface area contributed by atoms with Crippen LogP contribution in [0.4, 0.5) is 23.2 Å². The van der Waals surface area contributed by atoms with Gasteiger partial charge in [-0.05, 0) is 35.9 Å². The number of hydrogen-bond donors (Lipinski definition) is 1. The molecule has 2 N–H and O–H groups in total. The summed E-state index contributed by atoms with van der Waals surface area (Å²) in [6, 6.07) is 8.35. The minimum Gasteiger partial charge on any atom is -0.398 e. The highest BCUT2D eigenvalue weighted by molar-refractivity contribution is 5.76. The Labute approximate surface area is 101 Å². The third-order valence-electron chi connectivity index (χ3n) is 2.54. The van der Waals surface area contributed by atoms with Crippen molar-refractivity contribution in [1.29, 1.82) is 0 Å². The Morgan fingerprint density at radius 3 is 2.00 bits per heavy atom. The van der Waals surface area contributed by atoms with Crippen LogP contribution in [0, 0.1) is 5.82 Å². The molecule has 0 unspecified atom stereocenters. The van der Waals surface area contributed by atoms with Crippen molar-refractivity contribution < 1.29 is 17.6 Å². The van der Waals surface area contributed by atoms with Crippen LogP contribution in [0.3, 0.4) is 0 Å². The molecule has 2 aromatic rings. The first-order valence-electron chi connectivity index (χ1n) is 5.10. The molecule has 0 heterocycles. The standard InChI is InChI=1S/C13H9F4N/c14-10-5-6-11(12(18)7-10)8-1-3-9(4-2-8)13(15,16)17/h1-7H,18H2. The summed E-state index contributed by atoms with van der Waals surface area (Å²) in [7, 11) is 0. The minimum absolute atomic E-state index is 0.190. The first-order chi connectivity index (χ1) is 8.38. The van der Waals surface area contributed by atoms with Crippen LogP contribution in [0.2, 0.25) is 0 Å². The summed E-state index contributed by atoms with van der Waals surface area (Å²) < 4.78 is 50.0. The molecule has 0 aliphatic carbocycles. The molecule has 0 saturated heterocycles. The van der Waals surface area contributed by atoms with Gasteiger partial charge < -0.3 is 5.73 Å². The van der Waals surface area contributed by atoms with Crippen molar-refractivity contribution in [2.24, 2.45) is 0 Å². The van der Waals surface area contributed by atoms with Crippen LogP contribution in [-0.4, -0.2) is 0 Å². The maximum absolute atomic E-state index is 12.9. The first kappa shape index (κ1) is 12.4. The fourth-order valence-electron chi connectivity index (χ4n) is 1.64. The third kappa shape index (κ3) is 2.45. The number of anilines is 1. The second kappa shape index (κ2) is 4.33. The van der Waals surface area contributed by atoms with Gasteiger partial charge in [0.15, 0.2) is 0 Å². The van der Waals surface area contributed by atoms with Crippen molar-refractivity contribution in [1.82, 2.24) is 0 Å². The predicted octanol–water partition coefficient (Wildman–Crippen LogP) is 4.09. The summed E-state index contributed by atoms with van der Waals surface area (Å²) >= 11 is 0. The van der Waals surface area contributed by atoms with E-state index in [9.17, 15) is 17.6 Å². The number of nitrogens with two attached hydrogens (primary N) is 1. The first-order valence-corrected chi connectivity index (χ1v) is 5.10. The Morgan fingerprint density at radius 1 is 0.889 bits per heavy atom. The molecule has 0 amide bonds. The van der Waals surface area contributed by atoms with Gasteiger partial charge in [0.25, 0.3) is 0 Å². The normalized spacial score (nSPS) is 11.6. The highest BCUT2D eigenvalue weighted by atomic mass is 19.4. The Bertz CT molecular complexity index is 558. The molecule has 0 saturated carbocycles. The van der Waals surface area contributed by atoms with Crippen LogP contribution in [0.15, 0.2) is 42.5 Å². The van der Waals surface area contributed by atoms with Gasteiger partial charge >= 0.3 is 6.18 Å². The highest BCUT2D eigenvalue weighted by Gasteiger charge is 2.29. The number of nitrogen functional groups attached to an aromatic ring is 1. The lowest BCUT2D eigenvalue weighted by Gasteiger charge is -2.09. The van der Waals surface area contributed by atoms with E-state index in [-0.39, 0.29) is 5.69 Å². The molecular formula is C13H9F4N. The van der Waals surface area contributed by atoms with Crippen LogP contribution in [0.5, 0.6) is 0 Å². The van der Waals surface area contributed by atoms with E-state index in [4.69, 9.17) is 5.73 Å². The monoisotopic (exact) mass is 255 g/mol. The summed E-state index contributed by atoms with van der Waals surface area (Å²) in [5.74, 6) is -0.483. The molecule has 18 heavy (non-hydrogen) atoms. The molecule has 0 bridgehead atoms. The maximum atomic E-state index is 12.9. The van der Waals surface area contributed by atoms with Crippen LogP contribution in [0.25, 0.3) is 11.1 Å². The number of halogens is 4. The Balaban J connectivity index is 2.41. The van der Waals surface area contributed by atoms with Gasteiger partial charge in [0.2, 0.25) is 0 Å². The van der Waals surface area contributed by atoms with Crippen molar-refractivity contribution in [3.63, 3.8) is 0 Å². The van der Waals surface area contributed by atoms with Crippen molar-refractivity contribution >= 4 is 5.69 Å². The van der Waals surface area contributed by atoms with Crippen molar-refractivity contribution in [3.05, 3.63) is 53.8 Å². The SMILES string of the molecule is Nc1cc(F)ccc1-c1ccc(C(F)(F)F)cc1. The van der Waals surface area contributed by atoms with E-state index in [2.05, 4.69) is 0 Å². The van der Waals surface area contributed by atoms with Gasteiger partial charge in [-0.1, -0.05) is 12.1 Å². The fraction of sp³-hybridized carbons (Fsp3) is 0.0769. The van der Waals surface area contributed by atoms with E-state index in [1.54, 1.807) is 0 Å². The third-order valence-corrected chi connectivity index (χ3v) is 2.54. The van der Waals surface area contributed by atoms with Gasteiger partial charge in [0.05, 0.1) is 5.56 Å². The quantitative estimate of drug-likeness (QED) is 0.602. The van der Waals surface area contributed by atoms with Crippen molar-refractivity contribution in [2.45, 2.75) is 6.18 Å². The molecule has 5 heteroatoms. The minimum atomic E-state index is -4.37. The van der Waals surface area contributed by atoms with E-state index in [0.29, 0.717) is 11.1 Å². The van der Waals surface area contributed by atoms with E-state index in [1.807, 2.05) is 0 Å². The molecule has 0 aliphatic heterocycles. The summed E-state index contributed by atoms with van der Waals surface area (Å²) in [6.45, 7) is 0. The topological polar surface area (TPSA) is 26.0 Å². The zero-order valence-corrected chi connectivity index (χ0v) is 9.13. The lowest BCUT2D eigenvalue weighted by atomic mass is 10.0. The second-order valence-corrected chi connectivity index (χ2v) is 3.81. The van der Waals surface area contributed by atoms with Crippen LogP contribution in [-0.2, 0) is 6.18 Å². The molecule has 0 radical (unpaired) electrons. The van der Waals surface area contributed by atoms with Gasteiger partial charge in [0.1, 0.15) is 5.82 Å². The molecule has 1 nitrogen and oxygen atoms in total. The van der Waals surface area contributed by atoms with Crippen molar-refractivity contribution in [3.8, 4) is 11.1 Å². The van der Waals surface area contributed by atoms with E-state index in [1.165, 1.54) is 24.3 Å². The number of hydrogen-bond acceptors (Lipinski definition) is 1. The Morgan fingerprint density at radius 2 is 1.50 bits per heavy atom. The van der Waals surface area contributed by atoms with Crippen LogP contribution >= 0.6 is 0 Å². The zero-order chi connectivity index (χ0) is 13.3. The molecule has 0 atom stereocenters. The van der Waals surface area contributed by atoms with Gasteiger partial charge in [-0.15, -0.1) is 0 Å². The average molecular weight is 255 g/mol. The maximum Gasteiger partial charge on any atom is 0.416 e. The molecular weight excluding hydrogens is 246 g/mol. The Hall–Kier alpha value is -2.04. The summed E-state index contributed by atoms with van der Waals surface area (Å²) in [5.41, 5.74) is 6.09. The van der Waals surface area contributed by atoms with Gasteiger partial charge in [-0.25, -0.2) is 4.39 Å². The zero-order valence-electron chi connectivity index (χ0n) is 9.13. The molecule has 0 aromatic heterocycles. The lowest BCUT2D eigenvalue weighted by molar-refractivity contribution is -0.137. The summed E-state index contributed by atoms with van der Waals surface area (Å²) in [5, 5.41) is 0. The molecule has 0 fully saturated rings. The Kier molecular flexibility index (Phi) is 2.98. The lowest BCUT2D eigenvalue weighted by Crippen LogP contribution is -2.04. The van der Waals surface area contributed by atoms with Gasteiger partial charge in [-0.2, -0.15) is 13.2 Å². The molecule has 0 spiro atoms. The van der Waals surface area contributed by atoms with E-state index in [0.717, 1.165) is 18.2 Å². The number of alkyl halides is 3. The summed E-state index contributed by atoms with van der Waals surface area (Å²) in [6.07, 6.45) is -4.37. The second-order valence-electron chi connectivity index (χ2n) is 3.81. The fourth-order valence-corrected chi connectivity index (χ4v) is 1.64. The van der Waals surface area contributed by atoms with Crippen molar-refractivity contribution in [2.75, 3.05) is 5.73 Å². The smallest absolute Gasteiger partial charge is 0.398 e. The highest BCUT2D eigenvalue weighted by Crippen LogP contribution is 2.32. The largest absolute Gasteiger partial charge is 0.416 e. The molecule has 94 valence electrons. The van der Waals surface area contributed by atoms with E-state index < -0.39 is 17.6 Å². The molecule has 2 rings (SSSR count). The van der Waals surface area contributed by atoms with Crippen LogP contribution in [0.1, 0.15) is 5.56 Å². The predicted molar refractivity (Wildman–Crippen MR) is 61.3 cm³/mol. The molecule has 2 aromatic carbocycles. The number of benzene rings is 2. The summed E-state index contributed by atoms with van der Waals surface area (Å²) in [4.78, 5) is 0. The average Bonchev–Trinajstić information content (AvgIpc) is 2.28. The van der Waals surface area contributed by atoms with Gasteiger partial charge in [-0.3, -0.25) is 0 Å². The molecule has 0 aliphatic rings.